The number of urea groups is 1. The summed E-state index contributed by atoms with van der Waals surface area (Å²) >= 11 is 1.68. The van der Waals surface area contributed by atoms with Gasteiger partial charge in [-0.3, -0.25) is 4.90 Å². The van der Waals surface area contributed by atoms with Crippen LogP contribution in [0.4, 0.5) is 4.79 Å². The Kier molecular flexibility index (Phi) is 7.70. The van der Waals surface area contributed by atoms with Crippen molar-refractivity contribution in [1.82, 2.24) is 20.4 Å². The highest BCUT2D eigenvalue weighted by atomic mass is 32.2. The molecule has 2 amide bonds. The van der Waals surface area contributed by atoms with E-state index in [-0.39, 0.29) is 18.2 Å². The van der Waals surface area contributed by atoms with Gasteiger partial charge in [0.15, 0.2) is 0 Å². The summed E-state index contributed by atoms with van der Waals surface area (Å²) in [6.45, 7) is 7.06. The van der Waals surface area contributed by atoms with Gasteiger partial charge < -0.3 is 14.6 Å². The fourth-order valence-electron chi connectivity index (χ4n) is 3.96. The number of hydrogen-bond donors (Lipinski definition) is 1. The van der Waals surface area contributed by atoms with Crippen molar-refractivity contribution in [2.75, 3.05) is 19.4 Å². The van der Waals surface area contributed by atoms with Crippen LogP contribution < -0.4 is 5.32 Å². The van der Waals surface area contributed by atoms with Crippen molar-refractivity contribution in [3.05, 3.63) is 71.7 Å². The molecule has 1 aromatic heterocycles. The number of allylic oxidation sites excluding steroid dienone is 1. The van der Waals surface area contributed by atoms with E-state index in [1.807, 2.05) is 81.6 Å². The Morgan fingerprint density at radius 1 is 1.15 bits per heavy atom. The van der Waals surface area contributed by atoms with E-state index in [2.05, 4.69) is 10.5 Å². The van der Waals surface area contributed by atoms with Gasteiger partial charge in [0, 0.05) is 29.3 Å². The van der Waals surface area contributed by atoms with Crippen molar-refractivity contribution in [2.24, 2.45) is 0 Å². The SMILES string of the molecule is CSc1ccc(-c2noc(C3=C(C)N(CCCOC(C)C)C(=O)NC3c3ccccc3)n2)cc1. The van der Waals surface area contributed by atoms with Crippen molar-refractivity contribution in [3.63, 3.8) is 0 Å². The van der Waals surface area contributed by atoms with Gasteiger partial charge in [-0.1, -0.05) is 35.5 Å². The summed E-state index contributed by atoms with van der Waals surface area (Å²) in [7, 11) is 0. The Bertz CT molecular complexity index is 1140. The number of carbonyl (C=O) groups excluding carboxylic acids is 1. The second-order valence-corrected chi connectivity index (χ2v) is 9.25. The molecular weight excluding hydrogens is 448 g/mol. The number of ether oxygens (including phenoxy) is 1. The molecule has 2 aromatic carbocycles. The second kappa shape index (κ2) is 10.9. The predicted octanol–water partition coefficient (Wildman–Crippen LogP) is 5.77. The molecule has 0 bridgehead atoms. The Morgan fingerprint density at radius 3 is 2.56 bits per heavy atom. The summed E-state index contributed by atoms with van der Waals surface area (Å²) in [5.41, 5.74) is 3.44. The van der Waals surface area contributed by atoms with Gasteiger partial charge >= 0.3 is 6.03 Å². The molecule has 0 fully saturated rings. The van der Waals surface area contributed by atoms with Crippen LogP contribution in [-0.4, -0.2) is 46.6 Å². The van der Waals surface area contributed by atoms with Crippen LogP contribution >= 0.6 is 11.8 Å². The zero-order valence-corrected chi connectivity index (χ0v) is 20.8. The second-order valence-electron chi connectivity index (χ2n) is 8.37. The summed E-state index contributed by atoms with van der Waals surface area (Å²) in [4.78, 5) is 20.7. The molecule has 2 heterocycles. The highest BCUT2D eigenvalue weighted by molar-refractivity contribution is 7.98. The quantitative estimate of drug-likeness (QED) is 0.311. The first-order valence-electron chi connectivity index (χ1n) is 11.4. The van der Waals surface area contributed by atoms with Gasteiger partial charge in [-0.25, -0.2) is 4.79 Å². The third kappa shape index (κ3) is 5.34. The van der Waals surface area contributed by atoms with Gasteiger partial charge in [-0.15, -0.1) is 11.8 Å². The minimum absolute atomic E-state index is 0.146. The highest BCUT2D eigenvalue weighted by Gasteiger charge is 2.35. The fourth-order valence-corrected chi connectivity index (χ4v) is 4.36. The average molecular weight is 479 g/mol. The third-order valence-corrected chi connectivity index (χ3v) is 6.45. The third-order valence-electron chi connectivity index (χ3n) is 5.71. The molecule has 0 spiro atoms. The first-order chi connectivity index (χ1) is 16.5. The number of hydrogen-bond acceptors (Lipinski definition) is 6. The maximum Gasteiger partial charge on any atom is 0.322 e. The van der Waals surface area contributed by atoms with Gasteiger partial charge in [-0.2, -0.15) is 4.98 Å². The largest absolute Gasteiger partial charge is 0.379 e. The molecule has 1 unspecified atom stereocenters. The molecule has 34 heavy (non-hydrogen) atoms. The van der Waals surface area contributed by atoms with Crippen LogP contribution in [0, 0.1) is 0 Å². The van der Waals surface area contributed by atoms with Crippen molar-refractivity contribution < 1.29 is 14.1 Å². The number of aromatic nitrogens is 2. The molecular formula is C26H30N4O3S. The first kappa shape index (κ1) is 24.0. The van der Waals surface area contributed by atoms with E-state index < -0.39 is 0 Å². The molecule has 3 aromatic rings. The van der Waals surface area contributed by atoms with Crippen LogP contribution in [0.3, 0.4) is 0 Å². The molecule has 8 heteroatoms. The molecule has 4 rings (SSSR count). The predicted molar refractivity (Wildman–Crippen MR) is 134 cm³/mol. The van der Waals surface area contributed by atoms with Gasteiger partial charge in [0.05, 0.1) is 17.7 Å². The lowest BCUT2D eigenvalue weighted by molar-refractivity contribution is 0.0736. The Morgan fingerprint density at radius 2 is 1.88 bits per heavy atom. The standard InChI is InChI=1S/C26H30N4O3S/c1-17(2)32-16-8-15-30-18(3)22(23(27-26(30)31)19-9-6-5-7-10-19)25-28-24(29-33-25)20-11-13-21(34-4)14-12-20/h5-7,9-14,17,23H,8,15-16H2,1-4H3,(H,27,31). The highest BCUT2D eigenvalue weighted by Crippen LogP contribution is 2.37. The van der Waals surface area contributed by atoms with E-state index in [1.165, 1.54) is 4.90 Å². The monoisotopic (exact) mass is 478 g/mol. The average Bonchev–Trinajstić information content (AvgIpc) is 3.33. The van der Waals surface area contributed by atoms with Gasteiger partial charge in [0.25, 0.3) is 5.89 Å². The minimum atomic E-state index is -0.385. The van der Waals surface area contributed by atoms with Crippen molar-refractivity contribution in [1.29, 1.82) is 0 Å². The Balaban J connectivity index is 1.68. The molecule has 1 atom stereocenters. The maximum atomic E-state index is 13.1. The Labute approximate surface area is 204 Å². The van der Waals surface area contributed by atoms with Gasteiger partial charge in [0.2, 0.25) is 5.82 Å². The summed E-state index contributed by atoms with van der Waals surface area (Å²) < 4.78 is 11.4. The lowest BCUT2D eigenvalue weighted by Gasteiger charge is -2.35. The Hall–Kier alpha value is -3.10. The van der Waals surface area contributed by atoms with E-state index in [0.29, 0.717) is 24.9 Å². The molecule has 7 nitrogen and oxygen atoms in total. The molecule has 0 saturated carbocycles. The molecule has 1 aliphatic heterocycles. The number of rotatable bonds is 9. The topological polar surface area (TPSA) is 80.5 Å². The minimum Gasteiger partial charge on any atom is -0.379 e. The zero-order chi connectivity index (χ0) is 24.1. The van der Waals surface area contributed by atoms with Crippen molar-refractivity contribution >= 4 is 23.4 Å². The van der Waals surface area contributed by atoms with E-state index in [4.69, 9.17) is 14.2 Å². The molecule has 1 N–H and O–H groups in total. The number of nitrogens with one attached hydrogen (secondary N) is 1. The van der Waals surface area contributed by atoms with Crippen LogP contribution in [0.5, 0.6) is 0 Å². The molecule has 1 aliphatic rings. The van der Waals surface area contributed by atoms with Gasteiger partial charge in [0.1, 0.15) is 0 Å². The van der Waals surface area contributed by atoms with E-state index in [0.717, 1.165) is 28.8 Å². The number of carbonyl (C=O) groups is 1. The van der Waals surface area contributed by atoms with Crippen molar-refractivity contribution in [2.45, 2.75) is 44.2 Å². The maximum absolute atomic E-state index is 13.1. The van der Waals surface area contributed by atoms with Crippen LogP contribution in [0.15, 0.2) is 69.7 Å². The first-order valence-corrected chi connectivity index (χ1v) is 12.6. The molecule has 178 valence electrons. The zero-order valence-electron chi connectivity index (χ0n) is 19.9. The normalized spacial score (nSPS) is 16.3. The summed E-state index contributed by atoms with van der Waals surface area (Å²) in [6, 6.07) is 17.4. The van der Waals surface area contributed by atoms with E-state index in [1.54, 1.807) is 16.7 Å². The molecule has 0 radical (unpaired) electrons. The van der Waals surface area contributed by atoms with Crippen molar-refractivity contribution in [3.8, 4) is 11.4 Å². The summed E-state index contributed by atoms with van der Waals surface area (Å²) in [5.74, 6) is 0.919. The van der Waals surface area contributed by atoms with Crippen LogP contribution in [0.25, 0.3) is 17.0 Å². The number of benzene rings is 2. The van der Waals surface area contributed by atoms with Gasteiger partial charge in [-0.05, 0) is 63.3 Å². The number of nitrogens with zero attached hydrogens (tertiary/aromatic N) is 3. The summed E-state index contributed by atoms with van der Waals surface area (Å²) in [5, 5.41) is 7.37. The molecule has 0 saturated heterocycles. The van der Waals surface area contributed by atoms with E-state index in [9.17, 15) is 4.79 Å². The smallest absolute Gasteiger partial charge is 0.322 e. The van der Waals surface area contributed by atoms with Crippen LogP contribution in [-0.2, 0) is 4.74 Å². The molecule has 0 aliphatic carbocycles. The number of amides is 2. The lowest BCUT2D eigenvalue weighted by atomic mass is 9.94. The fraction of sp³-hybridized carbons (Fsp3) is 0.346. The summed E-state index contributed by atoms with van der Waals surface area (Å²) in [6.07, 6.45) is 2.92. The number of thioether (sulfide) groups is 1. The van der Waals surface area contributed by atoms with E-state index >= 15 is 0 Å². The van der Waals surface area contributed by atoms with Crippen LogP contribution in [0.2, 0.25) is 0 Å². The lowest BCUT2D eigenvalue weighted by Crippen LogP contribution is -2.46. The van der Waals surface area contributed by atoms with Crippen LogP contribution in [0.1, 0.15) is 44.7 Å².